The third-order valence-corrected chi connectivity index (χ3v) is 4.73. The first-order chi connectivity index (χ1) is 11.0. The van der Waals surface area contributed by atoms with Crippen LogP contribution >= 0.6 is 0 Å². The lowest BCUT2D eigenvalue weighted by atomic mass is 9.88. The number of carbonyl (C=O) groups excluding carboxylic acids is 1. The minimum Gasteiger partial charge on any atom is -0.297 e. The summed E-state index contributed by atoms with van der Waals surface area (Å²) in [6.45, 7) is 0. The minimum atomic E-state index is -4.85. The summed E-state index contributed by atoms with van der Waals surface area (Å²) in [5, 5.41) is 0. The second-order valence-corrected chi connectivity index (χ2v) is 6.36. The molecule has 0 bridgehead atoms. The molecule has 2 aliphatic rings. The third-order valence-electron chi connectivity index (χ3n) is 4.73. The molecule has 1 unspecified atom stereocenters. The molecule has 1 fully saturated rings. The number of halogens is 3. The van der Waals surface area contributed by atoms with Gasteiger partial charge in [0.05, 0.1) is 6.04 Å². The standard InChI is InChI=1S/C18H20F3NO/c19-18(20,21)17(23)22-15(11-10-13-6-2-1-3-7-13)12-14-8-4-5-9-16(14)22/h4-5,8-11,13,15H,1-3,6-7,12H2/b11-10+. The first kappa shape index (κ1) is 16.1. The number of hydrogen-bond acceptors (Lipinski definition) is 1. The van der Waals surface area contributed by atoms with Gasteiger partial charge in [-0.25, -0.2) is 0 Å². The van der Waals surface area contributed by atoms with E-state index >= 15 is 0 Å². The van der Waals surface area contributed by atoms with Crippen molar-refractivity contribution in [3.8, 4) is 0 Å². The van der Waals surface area contributed by atoms with Gasteiger partial charge in [-0.15, -0.1) is 0 Å². The van der Waals surface area contributed by atoms with Gasteiger partial charge in [0.25, 0.3) is 0 Å². The van der Waals surface area contributed by atoms with Crippen molar-refractivity contribution in [2.45, 2.75) is 50.7 Å². The highest BCUT2D eigenvalue weighted by Crippen LogP contribution is 2.36. The molecule has 5 heteroatoms. The van der Waals surface area contributed by atoms with Crippen molar-refractivity contribution in [2.24, 2.45) is 5.92 Å². The largest absolute Gasteiger partial charge is 0.471 e. The smallest absolute Gasteiger partial charge is 0.297 e. The number of alkyl halides is 3. The average molecular weight is 323 g/mol. The van der Waals surface area contributed by atoms with E-state index in [0.29, 0.717) is 18.0 Å². The fraction of sp³-hybridized carbons (Fsp3) is 0.500. The van der Waals surface area contributed by atoms with Gasteiger partial charge in [-0.2, -0.15) is 13.2 Å². The number of fused-ring (bicyclic) bond motifs is 1. The van der Waals surface area contributed by atoms with Crippen LogP contribution in [-0.4, -0.2) is 18.1 Å². The molecule has 1 amide bonds. The summed E-state index contributed by atoms with van der Waals surface area (Å²) < 4.78 is 38.8. The van der Waals surface area contributed by atoms with Gasteiger partial charge in [-0.05, 0) is 36.8 Å². The number of benzene rings is 1. The molecule has 23 heavy (non-hydrogen) atoms. The summed E-state index contributed by atoms with van der Waals surface area (Å²) in [5.74, 6) is -1.35. The number of anilines is 1. The molecular weight excluding hydrogens is 303 g/mol. The zero-order valence-electron chi connectivity index (χ0n) is 12.9. The number of allylic oxidation sites excluding steroid dienone is 1. The fourth-order valence-corrected chi connectivity index (χ4v) is 3.58. The second-order valence-electron chi connectivity index (χ2n) is 6.36. The van der Waals surface area contributed by atoms with Gasteiger partial charge in [0.2, 0.25) is 0 Å². The van der Waals surface area contributed by atoms with E-state index < -0.39 is 18.1 Å². The second kappa shape index (κ2) is 6.38. The van der Waals surface area contributed by atoms with Crippen LogP contribution in [0.3, 0.4) is 0 Å². The van der Waals surface area contributed by atoms with E-state index in [-0.39, 0.29) is 0 Å². The maximum atomic E-state index is 12.9. The van der Waals surface area contributed by atoms with Crippen molar-refractivity contribution >= 4 is 11.6 Å². The average Bonchev–Trinajstić information content (AvgIpc) is 2.90. The number of hydrogen-bond donors (Lipinski definition) is 0. The summed E-state index contributed by atoms with van der Waals surface area (Å²) in [4.78, 5) is 12.8. The quantitative estimate of drug-likeness (QED) is 0.726. The first-order valence-corrected chi connectivity index (χ1v) is 8.13. The molecule has 1 aromatic carbocycles. The highest BCUT2D eigenvalue weighted by molar-refractivity contribution is 6.00. The molecule has 0 saturated heterocycles. The monoisotopic (exact) mass is 323 g/mol. The molecule has 3 rings (SSSR count). The van der Waals surface area contributed by atoms with Crippen LogP contribution in [0.15, 0.2) is 36.4 Å². The molecule has 1 heterocycles. The Morgan fingerprint density at radius 2 is 1.78 bits per heavy atom. The van der Waals surface area contributed by atoms with Gasteiger partial charge in [-0.3, -0.25) is 9.69 Å². The van der Waals surface area contributed by atoms with Crippen LogP contribution < -0.4 is 4.90 Å². The van der Waals surface area contributed by atoms with Crippen molar-refractivity contribution in [1.82, 2.24) is 0 Å². The Bertz CT molecular complexity index is 603. The maximum absolute atomic E-state index is 12.9. The summed E-state index contributed by atoms with van der Waals surface area (Å²) in [6.07, 6.45) is 5.17. The van der Waals surface area contributed by atoms with E-state index in [0.717, 1.165) is 23.3 Å². The molecule has 0 spiro atoms. The molecule has 0 aromatic heterocycles. The van der Waals surface area contributed by atoms with Gasteiger partial charge in [0.15, 0.2) is 0 Å². The SMILES string of the molecule is O=C(N1c2ccccc2CC1/C=C/C1CCCCC1)C(F)(F)F. The maximum Gasteiger partial charge on any atom is 0.471 e. The molecular formula is C18H20F3NO. The van der Waals surface area contributed by atoms with Crippen molar-refractivity contribution in [2.75, 3.05) is 4.90 Å². The third kappa shape index (κ3) is 3.43. The normalized spacial score (nSPS) is 22.6. The molecule has 1 aromatic rings. The number of rotatable bonds is 2. The molecule has 124 valence electrons. The molecule has 0 radical (unpaired) electrons. The molecule has 2 nitrogen and oxygen atoms in total. The Morgan fingerprint density at radius 1 is 1.09 bits per heavy atom. The van der Waals surface area contributed by atoms with Gasteiger partial charge in [0.1, 0.15) is 0 Å². The van der Waals surface area contributed by atoms with Crippen LogP contribution in [0.2, 0.25) is 0 Å². The molecule has 0 N–H and O–H groups in total. The van der Waals surface area contributed by atoms with E-state index in [1.54, 1.807) is 30.3 Å². The summed E-state index contributed by atoms with van der Waals surface area (Å²) in [6, 6.07) is 6.31. The Balaban J connectivity index is 1.84. The number of amides is 1. The summed E-state index contributed by atoms with van der Waals surface area (Å²) in [7, 11) is 0. The van der Waals surface area contributed by atoms with Gasteiger partial charge in [0, 0.05) is 5.69 Å². The fourth-order valence-electron chi connectivity index (χ4n) is 3.58. The lowest BCUT2D eigenvalue weighted by molar-refractivity contribution is -0.170. The van der Waals surface area contributed by atoms with Gasteiger partial charge in [-0.1, -0.05) is 49.6 Å². The van der Waals surface area contributed by atoms with E-state index in [1.165, 1.54) is 19.3 Å². The molecule has 1 aliphatic carbocycles. The zero-order valence-corrected chi connectivity index (χ0v) is 12.9. The molecule has 1 aliphatic heterocycles. The van der Waals surface area contributed by atoms with Crippen molar-refractivity contribution < 1.29 is 18.0 Å². The van der Waals surface area contributed by atoms with Crippen LogP contribution in [0.4, 0.5) is 18.9 Å². The van der Waals surface area contributed by atoms with Crippen LogP contribution in [0.1, 0.15) is 37.7 Å². The van der Waals surface area contributed by atoms with E-state index in [1.807, 2.05) is 6.08 Å². The van der Waals surface area contributed by atoms with E-state index in [9.17, 15) is 18.0 Å². The van der Waals surface area contributed by atoms with Crippen molar-refractivity contribution in [1.29, 1.82) is 0 Å². The highest BCUT2D eigenvalue weighted by atomic mass is 19.4. The van der Waals surface area contributed by atoms with E-state index in [2.05, 4.69) is 0 Å². The van der Waals surface area contributed by atoms with Crippen LogP contribution in [0.5, 0.6) is 0 Å². The van der Waals surface area contributed by atoms with Crippen LogP contribution in [0.25, 0.3) is 0 Å². The lowest BCUT2D eigenvalue weighted by Crippen LogP contribution is -2.44. The summed E-state index contributed by atoms with van der Waals surface area (Å²) >= 11 is 0. The number of nitrogens with zero attached hydrogens (tertiary/aromatic N) is 1. The molecule has 1 atom stereocenters. The highest BCUT2D eigenvalue weighted by Gasteiger charge is 2.47. The Hall–Kier alpha value is -1.78. The molecule has 1 saturated carbocycles. The topological polar surface area (TPSA) is 20.3 Å². The number of carbonyl (C=O) groups is 1. The van der Waals surface area contributed by atoms with Gasteiger partial charge < -0.3 is 0 Å². The van der Waals surface area contributed by atoms with Crippen molar-refractivity contribution in [3.63, 3.8) is 0 Å². The van der Waals surface area contributed by atoms with Gasteiger partial charge >= 0.3 is 12.1 Å². The number of para-hydroxylation sites is 1. The van der Waals surface area contributed by atoms with Crippen LogP contribution in [0, 0.1) is 5.92 Å². The summed E-state index contributed by atoms with van der Waals surface area (Å²) in [5.41, 5.74) is 1.18. The van der Waals surface area contributed by atoms with Crippen LogP contribution in [-0.2, 0) is 11.2 Å². The Morgan fingerprint density at radius 3 is 2.48 bits per heavy atom. The van der Waals surface area contributed by atoms with Crippen molar-refractivity contribution in [3.05, 3.63) is 42.0 Å². The first-order valence-electron chi connectivity index (χ1n) is 8.13. The zero-order chi connectivity index (χ0) is 16.4. The Kier molecular flexibility index (Phi) is 4.46. The Labute approximate surface area is 134 Å². The lowest BCUT2D eigenvalue weighted by Gasteiger charge is -2.25. The minimum absolute atomic E-state index is 0.383. The van der Waals surface area contributed by atoms with E-state index in [4.69, 9.17) is 0 Å². The predicted octanol–water partition coefficient (Wildman–Crippen LogP) is 4.64. The predicted molar refractivity (Wildman–Crippen MR) is 83.2 cm³/mol.